The van der Waals surface area contributed by atoms with E-state index in [4.69, 9.17) is 21.1 Å². The first-order valence-electron chi connectivity index (χ1n) is 6.67. The summed E-state index contributed by atoms with van der Waals surface area (Å²) in [5, 5.41) is 14.3. The minimum absolute atomic E-state index is 0.0592. The number of halogens is 2. The minimum Gasteiger partial charge on any atom is -0.442 e. The summed E-state index contributed by atoms with van der Waals surface area (Å²) in [5.41, 5.74) is -1.47. The summed E-state index contributed by atoms with van der Waals surface area (Å²) < 4.78 is 24.9. The van der Waals surface area contributed by atoms with Crippen LogP contribution < -0.4 is 4.74 Å². The number of benzene rings is 1. The molecule has 0 amide bonds. The second-order valence-corrected chi connectivity index (χ2v) is 6.08. The van der Waals surface area contributed by atoms with Gasteiger partial charge in [0, 0.05) is 24.4 Å². The highest BCUT2D eigenvalue weighted by molar-refractivity contribution is 6.32. The van der Waals surface area contributed by atoms with Crippen LogP contribution in [-0.4, -0.2) is 26.4 Å². The van der Waals surface area contributed by atoms with Gasteiger partial charge in [-0.15, -0.1) is 5.10 Å². The van der Waals surface area contributed by atoms with Crippen molar-refractivity contribution in [3.05, 3.63) is 45.4 Å². The number of aromatic nitrogens is 2. The SMILES string of the molecule is CC(C)(C)OC(=O)n1ccc(Oc2cc(F)c([N+](=O)[O-])cc2Cl)n1. The fourth-order valence-electron chi connectivity index (χ4n) is 1.62. The number of carbonyl (C=O) groups excluding carboxylic acids is 1. The molecule has 0 saturated heterocycles. The minimum atomic E-state index is -1.11. The van der Waals surface area contributed by atoms with E-state index in [2.05, 4.69) is 5.10 Å². The van der Waals surface area contributed by atoms with Gasteiger partial charge in [-0.3, -0.25) is 10.1 Å². The van der Waals surface area contributed by atoms with E-state index in [9.17, 15) is 19.3 Å². The molecule has 2 aromatic rings. The zero-order chi connectivity index (χ0) is 18.1. The molecule has 1 aromatic heterocycles. The number of rotatable bonds is 3. The van der Waals surface area contributed by atoms with Gasteiger partial charge in [-0.25, -0.2) is 4.79 Å². The van der Waals surface area contributed by atoms with Crippen molar-refractivity contribution >= 4 is 23.4 Å². The van der Waals surface area contributed by atoms with Crippen molar-refractivity contribution < 1.29 is 23.6 Å². The Hall–Kier alpha value is -2.68. The summed E-state index contributed by atoms with van der Waals surface area (Å²) in [4.78, 5) is 21.6. The lowest BCUT2D eigenvalue weighted by molar-refractivity contribution is -0.387. The molecular weight excluding hydrogens is 345 g/mol. The van der Waals surface area contributed by atoms with E-state index in [0.29, 0.717) is 0 Å². The van der Waals surface area contributed by atoms with Gasteiger partial charge in [-0.05, 0) is 20.8 Å². The quantitative estimate of drug-likeness (QED) is 0.604. The smallest absolute Gasteiger partial charge is 0.435 e. The first kappa shape index (κ1) is 17.7. The number of nitrogens with zero attached hydrogens (tertiary/aromatic N) is 3. The van der Waals surface area contributed by atoms with Crippen molar-refractivity contribution in [3.63, 3.8) is 0 Å². The molecule has 0 bridgehead atoms. The zero-order valence-electron chi connectivity index (χ0n) is 12.9. The molecule has 0 aliphatic rings. The van der Waals surface area contributed by atoms with Crippen LogP contribution in [0.3, 0.4) is 0 Å². The Morgan fingerprint density at radius 1 is 1.42 bits per heavy atom. The second-order valence-electron chi connectivity index (χ2n) is 5.67. The van der Waals surface area contributed by atoms with E-state index in [1.54, 1.807) is 20.8 Å². The van der Waals surface area contributed by atoms with E-state index < -0.39 is 28.1 Å². The third kappa shape index (κ3) is 4.19. The third-order valence-corrected chi connectivity index (χ3v) is 2.85. The van der Waals surface area contributed by atoms with Gasteiger partial charge in [0.05, 0.1) is 9.95 Å². The molecule has 0 radical (unpaired) electrons. The summed E-state index contributed by atoms with van der Waals surface area (Å²) in [6.07, 6.45) is 0.567. The van der Waals surface area contributed by atoms with Crippen molar-refractivity contribution in [3.8, 4) is 11.6 Å². The fourth-order valence-corrected chi connectivity index (χ4v) is 1.82. The molecule has 0 aliphatic heterocycles. The third-order valence-electron chi connectivity index (χ3n) is 2.56. The molecule has 1 aromatic carbocycles. The van der Waals surface area contributed by atoms with E-state index in [-0.39, 0.29) is 16.7 Å². The van der Waals surface area contributed by atoms with E-state index in [0.717, 1.165) is 16.8 Å². The van der Waals surface area contributed by atoms with Crippen LogP contribution in [0, 0.1) is 15.9 Å². The standard InChI is InChI=1S/C14H13ClFN3O5/c1-14(2,3)24-13(20)18-5-4-12(17-18)23-11-7-9(16)10(19(21)22)6-8(11)15/h4-7H,1-3H3. The number of nitro benzene ring substituents is 1. The molecule has 10 heteroatoms. The topological polar surface area (TPSA) is 96.5 Å². The Labute approximate surface area is 140 Å². The molecular formula is C14H13ClFN3O5. The Bertz CT molecular complexity index is 800. The highest BCUT2D eigenvalue weighted by Crippen LogP contribution is 2.33. The average Bonchev–Trinajstić information content (AvgIpc) is 2.89. The predicted octanol–water partition coefficient (Wildman–Crippen LogP) is 4.16. The van der Waals surface area contributed by atoms with Gasteiger partial charge < -0.3 is 9.47 Å². The molecule has 2 rings (SSSR count). The highest BCUT2D eigenvalue weighted by atomic mass is 35.5. The second kappa shape index (κ2) is 6.44. The zero-order valence-corrected chi connectivity index (χ0v) is 13.7. The van der Waals surface area contributed by atoms with Gasteiger partial charge in [0.2, 0.25) is 11.7 Å². The van der Waals surface area contributed by atoms with Crippen LogP contribution in [0.4, 0.5) is 14.9 Å². The fraction of sp³-hybridized carbons (Fsp3) is 0.286. The molecule has 0 spiro atoms. The average molecular weight is 358 g/mol. The number of ether oxygens (including phenoxy) is 2. The summed E-state index contributed by atoms with van der Waals surface area (Å²) in [6, 6.07) is 2.93. The number of nitro groups is 1. The molecule has 24 heavy (non-hydrogen) atoms. The van der Waals surface area contributed by atoms with E-state index >= 15 is 0 Å². The normalized spacial score (nSPS) is 11.2. The van der Waals surface area contributed by atoms with Gasteiger partial charge >= 0.3 is 11.8 Å². The van der Waals surface area contributed by atoms with Crippen LogP contribution in [0.15, 0.2) is 24.4 Å². The Morgan fingerprint density at radius 3 is 2.67 bits per heavy atom. The van der Waals surface area contributed by atoms with Crippen molar-refractivity contribution in [1.29, 1.82) is 0 Å². The number of carbonyl (C=O) groups is 1. The first-order valence-corrected chi connectivity index (χ1v) is 7.05. The molecule has 0 atom stereocenters. The summed E-state index contributed by atoms with van der Waals surface area (Å²) >= 11 is 5.83. The van der Waals surface area contributed by atoms with Crippen molar-refractivity contribution in [2.45, 2.75) is 26.4 Å². The van der Waals surface area contributed by atoms with Crippen molar-refractivity contribution in [1.82, 2.24) is 9.78 Å². The molecule has 0 saturated carbocycles. The number of hydrogen-bond acceptors (Lipinski definition) is 6. The van der Waals surface area contributed by atoms with E-state index in [1.165, 1.54) is 12.3 Å². The van der Waals surface area contributed by atoms with Gasteiger partial charge in [0.1, 0.15) is 5.60 Å². The van der Waals surface area contributed by atoms with Crippen LogP contribution in [-0.2, 0) is 4.74 Å². The summed E-state index contributed by atoms with van der Waals surface area (Å²) in [7, 11) is 0. The van der Waals surface area contributed by atoms with Crippen LogP contribution in [0.2, 0.25) is 5.02 Å². The van der Waals surface area contributed by atoms with Gasteiger partial charge in [0.25, 0.3) is 0 Å². The Kier molecular flexibility index (Phi) is 4.74. The summed E-state index contributed by atoms with van der Waals surface area (Å²) in [6.45, 7) is 5.10. The maximum atomic E-state index is 13.6. The lowest BCUT2D eigenvalue weighted by Crippen LogP contribution is -2.27. The maximum Gasteiger partial charge on any atom is 0.435 e. The molecule has 0 N–H and O–H groups in total. The molecule has 0 unspecified atom stereocenters. The number of hydrogen-bond donors (Lipinski definition) is 0. The first-order chi connectivity index (χ1) is 11.1. The van der Waals surface area contributed by atoms with Gasteiger partial charge in [-0.1, -0.05) is 11.6 Å². The largest absolute Gasteiger partial charge is 0.442 e. The van der Waals surface area contributed by atoms with Crippen LogP contribution >= 0.6 is 11.6 Å². The lowest BCUT2D eigenvalue weighted by atomic mass is 10.2. The predicted molar refractivity (Wildman–Crippen MR) is 82.0 cm³/mol. The van der Waals surface area contributed by atoms with Crippen LogP contribution in [0.5, 0.6) is 11.6 Å². The highest BCUT2D eigenvalue weighted by Gasteiger charge is 2.21. The monoisotopic (exact) mass is 357 g/mol. The van der Waals surface area contributed by atoms with Gasteiger partial charge in [0.15, 0.2) is 5.75 Å². The molecule has 128 valence electrons. The van der Waals surface area contributed by atoms with Gasteiger partial charge in [-0.2, -0.15) is 9.07 Å². The maximum absolute atomic E-state index is 13.6. The molecule has 8 nitrogen and oxygen atoms in total. The lowest BCUT2D eigenvalue weighted by Gasteiger charge is -2.18. The van der Waals surface area contributed by atoms with E-state index in [1.807, 2.05) is 0 Å². The molecule has 0 aliphatic carbocycles. The van der Waals surface area contributed by atoms with Crippen LogP contribution in [0.25, 0.3) is 0 Å². The summed E-state index contributed by atoms with van der Waals surface area (Å²) in [5.74, 6) is -1.34. The van der Waals surface area contributed by atoms with Crippen LogP contribution in [0.1, 0.15) is 20.8 Å². The molecule has 0 fully saturated rings. The van der Waals surface area contributed by atoms with Crippen molar-refractivity contribution in [2.24, 2.45) is 0 Å². The Balaban J connectivity index is 2.20. The van der Waals surface area contributed by atoms with Crippen molar-refractivity contribution in [2.75, 3.05) is 0 Å². The Morgan fingerprint density at radius 2 is 2.08 bits per heavy atom. The molecule has 1 heterocycles.